The summed E-state index contributed by atoms with van der Waals surface area (Å²) in [5.41, 5.74) is 2.88. The molecule has 0 aliphatic rings. The van der Waals surface area contributed by atoms with Gasteiger partial charge in [0.25, 0.3) is 0 Å². The summed E-state index contributed by atoms with van der Waals surface area (Å²) in [6.07, 6.45) is -2.05. The minimum atomic E-state index is -4.42. The Morgan fingerprint density at radius 1 is 0.971 bits per heavy atom. The normalized spacial score (nSPS) is 12.6. The number of aromatic nitrogens is 1. The van der Waals surface area contributed by atoms with Gasteiger partial charge in [0.15, 0.2) is 0 Å². The molecule has 0 saturated heterocycles. The first-order valence-corrected chi connectivity index (χ1v) is 10.9. The smallest absolute Gasteiger partial charge is 0.416 e. The summed E-state index contributed by atoms with van der Waals surface area (Å²) in [5.74, 6) is -0.466. The van der Waals surface area contributed by atoms with Gasteiger partial charge in [-0.1, -0.05) is 66.7 Å². The number of benzene rings is 3. The molecule has 1 atom stereocenters. The molecule has 4 nitrogen and oxygen atoms in total. The Labute approximate surface area is 196 Å². The highest BCUT2D eigenvalue weighted by molar-refractivity contribution is 5.85. The lowest BCUT2D eigenvalue weighted by molar-refractivity contribution is -0.143. The first-order valence-electron chi connectivity index (χ1n) is 10.9. The standard InChI is InChI=1S/C27H25F3N2O2/c1-34-26(33)24(31-16-20-10-7-11-22(14-20)27(28,29)30)15-21-18-32(17-19-8-3-2-4-9-19)25-13-6-5-12-23(21)25/h2-14,18,24,31H,15-17H2,1H3/t24-/m0/s1. The highest BCUT2D eigenvalue weighted by Crippen LogP contribution is 2.29. The summed E-state index contributed by atoms with van der Waals surface area (Å²) in [4.78, 5) is 12.5. The number of halogens is 3. The van der Waals surface area contributed by atoms with E-state index < -0.39 is 23.8 Å². The van der Waals surface area contributed by atoms with E-state index in [0.29, 0.717) is 18.5 Å². The third-order valence-corrected chi connectivity index (χ3v) is 5.78. The second kappa shape index (κ2) is 10.1. The van der Waals surface area contributed by atoms with E-state index in [1.165, 1.54) is 13.2 Å². The van der Waals surface area contributed by atoms with Gasteiger partial charge in [0, 0.05) is 36.6 Å². The molecule has 0 unspecified atom stereocenters. The first-order chi connectivity index (χ1) is 16.3. The zero-order chi connectivity index (χ0) is 24.1. The van der Waals surface area contributed by atoms with Crippen molar-refractivity contribution < 1.29 is 22.7 Å². The summed E-state index contributed by atoms with van der Waals surface area (Å²) in [6.45, 7) is 0.786. The number of esters is 1. The van der Waals surface area contributed by atoms with Crippen LogP contribution in [0, 0.1) is 0 Å². The van der Waals surface area contributed by atoms with Gasteiger partial charge in [0.05, 0.1) is 12.7 Å². The van der Waals surface area contributed by atoms with Crippen molar-refractivity contribution in [3.63, 3.8) is 0 Å². The lowest BCUT2D eigenvalue weighted by atomic mass is 10.0. The fourth-order valence-corrected chi connectivity index (χ4v) is 4.10. The molecule has 4 aromatic rings. The van der Waals surface area contributed by atoms with Gasteiger partial charge in [-0.15, -0.1) is 0 Å². The van der Waals surface area contributed by atoms with Crippen molar-refractivity contribution in [2.45, 2.75) is 31.7 Å². The number of hydrogen-bond acceptors (Lipinski definition) is 3. The van der Waals surface area contributed by atoms with Gasteiger partial charge < -0.3 is 14.6 Å². The number of nitrogens with one attached hydrogen (secondary N) is 1. The summed E-state index contributed by atoms with van der Waals surface area (Å²) in [5, 5.41) is 4.11. The van der Waals surface area contributed by atoms with Crippen LogP contribution in [0.5, 0.6) is 0 Å². The molecule has 0 saturated carbocycles. The molecule has 0 bridgehead atoms. The van der Waals surface area contributed by atoms with Crippen LogP contribution in [0.1, 0.15) is 22.3 Å². The zero-order valence-corrected chi connectivity index (χ0v) is 18.7. The van der Waals surface area contributed by atoms with Gasteiger partial charge >= 0.3 is 12.1 Å². The van der Waals surface area contributed by atoms with E-state index in [1.54, 1.807) is 6.07 Å². The SMILES string of the molecule is COC(=O)[C@H](Cc1cn(Cc2ccccc2)c2ccccc12)NCc1cccc(C(F)(F)F)c1. The Morgan fingerprint density at radius 3 is 2.41 bits per heavy atom. The van der Waals surface area contributed by atoms with E-state index in [1.807, 2.05) is 48.7 Å². The van der Waals surface area contributed by atoms with Gasteiger partial charge in [0.2, 0.25) is 0 Å². The largest absolute Gasteiger partial charge is 0.468 e. The molecule has 1 heterocycles. The monoisotopic (exact) mass is 466 g/mol. The molecule has 7 heteroatoms. The number of alkyl halides is 3. The summed E-state index contributed by atoms with van der Waals surface area (Å²) in [7, 11) is 1.31. The minimum Gasteiger partial charge on any atom is -0.468 e. The lowest BCUT2D eigenvalue weighted by Gasteiger charge is -2.17. The highest BCUT2D eigenvalue weighted by Gasteiger charge is 2.30. The highest BCUT2D eigenvalue weighted by atomic mass is 19.4. The van der Waals surface area contributed by atoms with Crippen molar-refractivity contribution in [2.75, 3.05) is 7.11 Å². The number of ether oxygens (including phenoxy) is 1. The molecule has 0 radical (unpaired) electrons. The molecule has 0 fully saturated rings. The average molecular weight is 467 g/mol. The third-order valence-electron chi connectivity index (χ3n) is 5.78. The number of hydrogen-bond donors (Lipinski definition) is 1. The molecule has 0 spiro atoms. The third kappa shape index (κ3) is 5.48. The maximum absolute atomic E-state index is 13.0. The number of carbonyl (C=O) groups is 1. The molecule has 34 heavy (non-hydrogen) atoms. The van der Waals surface area contributed by atoms with Gasteiger partial charge in [-0.2, -0.15) is 13.2 Å². The Balaban J connectivity index is 1.57. The lowest BCUT2D eigenvalue weighted by Crippen LogP contribution is -2.39. The Morgan fingerprint density at radius 2 is 1.68 bits per heavy atom. The molecule has 176 valence electrons. The van der Waals surface area contributed by atoms with Crippen molar-refractivity contribution in [3.05, 3.63) is 107 Å². The van der Waals surface area contributed by atoms with Crippen LogP contribution in [0.15, 0.2) is 85.1 Å². The molecular formula is C27H25F3N2O2. The van der Waals surface area contributed by atoms with Crippen molar-refractivity contribution in [2.24, 2.45) is 0 Å². The fourth-order valence-electron chi connectivity index (χ4n) is 4.10. The van der Waals surface area contributed by atoms with E-state index in [0.717, 1.165) is 34.2 Å². The van der Waals surface area contributed by atoms with Crippen LogP contribution in [0.4, 0.5) is 13.2 Å². The second-order valence-electron chi connectivity index (χ2n) is 8.14. The average Bonchev–Trinajstić information content (AvgIpc) is 3.18. The number of rotatable bonds is 8. The predicted octanol–water partition coefficient (Wildman–Crippen LogP) is 5.58. The topological polar surface area (TPSA) is 43.3 Å². The van der Waals surface area contributed by atoms with Crippen LogP contribution in [0.3, 0.4) is 0 Å². The van der Waals surface area contributed by atoms with E-state index in [4.69, 9.17) is 4.74 Å². The molecular weight excluding hydrogens is 441 g/mol. The van der Waals surface area contributed by atoms with Gasteiger partial charge in [-0.25, -0.2) is 0 Å². The molecule has 3 aromatic carbocycles. The molecule has 0 aliphatic carbocycles. The van der Waals surface area contributed by atoms with Crippen molar-refractivity contribution in [1.82, 2.24) is 9.88 Å². The molecule has 1 N–H and O–H groups in total. The summed E-state index contributed by atoms with van der Waals surface area (Å²) in [6, 6.07) is 22.4. The Bertz CT molecular complexity index is 1270. The number of nitrogens with zero attached hydrogens (tertiary/aromatic N) is 1. The van der Waals surface area contributed by atoms with E-state index >= 15 is 0 Å². The summed E-state index contributed by atoms with van der Waals surface area (Å²) < 4.78 is 46.3. The molecule has 0 aliphatic heterocycles. The van der Waals surface area contributed by atoms with Gasteiger partial charge in [-0.05, 0) is 28.8 Å². The fraction of sp³-hybridized carbons (Fsp3) is 0.222. The van der Waals surface area contributed by atoms with Crippen LogP contribution in [-0.2, 0) is 35.2 Å². The van der Waals surface area contributed by atoms with Gasteiger partial charge in [-0.3, -0.25) is 4.79 Å². The number of para-hydroxylation sites is 1. The number of fused-ring (bicyclic) bond motifs is 1. The predicted molar refractivity (Wildman–Crippen MR) is 125 cm³/mol. The molecule has 0 amide bonds. The number of carbonyl (C=O) groups excluding carboxylic acids is 1. The maximum atomic E-state index is 13.0. The van der Waals surface area contributed by atoms with Crippen molar-refractivity contribution in [3.8, 4) is 0 Å². The Kier molecular flexibility index (Phi) is 7.03. The van der Waals surface area contributed by atoms with Crippen LogP contribution in [0.2, 0.25) is 0 Å². The van der Waals surface area contributed by atoms with E-state index in [9.17, 15) is 18.0 Å². The van der Waals surface area contributed by atoms with Crippen LogP contribution in [-0.4, -0.2) is 23.7 Å². The van der Waals surface area contributed by atoms with E-state index in [-0.39, 0.29) is 6.54 Å². The van der Waals surface area contributed by atoms with Crippen LogP contribution < -0.4 is 5.32 Å². The first kappa shape index (κ1) is 23.6. The maximum Gasteiger partial charge on any atom is 0.416 e. The van der Waals surface area contributed by atoms with Crippen LogP contribution in [0.25, 0.3) is 10.9 Å². The van der Waals surface area contributed by atoms with E-state index in [2.05, 4.69) is 22.0 Å². The van der Waals surface area contributed by atoms with Crippen LogP contribution >= 0.6 is 0 Å². The number of methoxy groups -OCH3 is 1. The second-order valence-corrected chi connectivity index (χ2v) is 8.14. The van der Waals surface area contributed by atoms with Crippen molar-refractivity contribution in [1.29, 1.82) is 0 Å². The van der Waals surface area contributed by atoms with Crippen molar-refractivity contribution >= 4 is 16.9 Å². The Hall–Kier alpha value is -3.58. The van der Waals surface area contributed by atoms with Gasteiger partial charge in [0.1, 0.15) is 6.04 Å². The quantitative estimate of drug-likeness (QED) is 0.345. The summed E-state index contributed by atoms with van der Waals surface area (Å²) >= 11 is 0. The minimum absolute atomic E-state index is 0.104. The molecule has 4 rings (SSSR count). The molecule has 1 aromatic heterocycles. The zero-order valence-electron chi connectivity index (χ0n) is 18.7.